The molecule has 3 nitrogen and oxygen atoms in total. The number of nitrogens with two attached hydrogens (primary N) is 1. The Kier molecular flexibility index (Phi) is 4.97. The van der Waals surface area contributed by atoms with Crippen LogP contribution in [0.4, 0.5) is 0 Å². The van der Waals surface area contributed by atoms with E-state index in [1.54, 1.807) is 7.11 Å². The Balaban J connectivity index is 2.50. The van der Waals surface area contributed by atoms with Gasteiger partial charge in [0.2, 0.25) is 0 Å². The minimum Gasteiger partial charge on any atom is -0.496 e. The number of hydrogen-bond donors (Lipinski definition) is 1. The van der Waals surface area contributed by atoms with E-state index >= 15 is 0 Å². The molecule has 0 aromatic heterocycles. The normalized spacial score (nSPS) is 11.9. The highest BCUT2D eigenvalue weighted by Crippen LogP contribution is 2.17. The van der Waals surface area contributed by atoms with Crippen LogP contribution in [0.25, 0.3) is 0 Å². The standard InChI is InChI=1S/C14H24N2O/c1-14(2,15)11-16(3)10-9-12-7-5-6-8-13(12)17-4/h5-8H,9-11,15H2,1-4H3. The van der Waals surface area contributed by atoms with E-state index < -0.39 is 0 Å². The second kappa shape index (κ2) is 6.03. The summed E-state index contributed by atoms with van der Waals surface area (Å²) >= 11 is 0. The molecule has 1 rings (SSSR count). The highest BCUT2D eigenvalue weighted by molar-refractivity contribution is 5.33. The maximum Gasteiger partial charge on any atom is 0.122 e. The van der Waals surface area contributed by atoms with Crippen LogP contribution in [0.15, 0.2) is 24.3 Å². The van der Waals surface area contributed by atoms with Gasteiger partial charge in [0.05, 0.1) is 7.11 Å². The van der Waals surface area contributed by atoms with Gasteiger partial charge in [-0.25, -0.2) is 0 Å². The minimum absolute atomic E-state index is 0.143. The molecule has 0 radical (unpaired) electrons. The molecule has 0 aliphatic heterocycles. The fourth-order valence-corrected chi connectivity index (χ4v) is 2.00. The Morgan fingerprint density at radius 3 is 2.53 bits per heavy atom. The van der Waals surface area contributed by atoms with Gasteiger partial charge in [-0.2, -0.15) is 0 Å². The molecule has 0 atom stereocenters. The number of benzene rings is 1. The molecule has 0 aliphatic carbocycles. The topological polar surface area (TPSA) is 38.5 Å². The molecule has 0 bridgehead atoms. The number of nitrogens with zero attached hydrogens (tertiary/aromatic N) is 1. The van der Waals surface area contributed by atoms with Crippen LogP contribution < -0.4 is 10.5 Å². The Labute approximate surface area is 105 Å². The van der Waals surface area contributed by atoms with Crippen LogP contribution in [-0.4, -0.2) is 37.7 Å². The third kappa shape index (κ3) is 5.20. The van der Waals surface area contributed by atoms with Crippen molar-refractivity contribution in [3.05, 3.63) is 29.8 Å². The van der Waals surface area contributed by atoms with Crippen LogP contribution in [0.5, 0.6) is 5.75 Å². The number of likely N-dealkylation sites (N-methyl/N-ethyl adjacent to an activating group) is 1. The number of rotatable bonds is 6. The number of para-hydroxylation sites is 1. The smallest absolute Gasteiger partial charge is 0.122 e. The second-order valence-corrected chi connectivity index (χ2v) is 5.29. The average Bonchev–Trinajstić information content (AvgIpc) is 2.24. The monoisotopic (exact) mass is 236 g/mol. The van der Waals surface area contributed by atoms with Gasteiger partial charge in [-0.3, -0.25) is 0 Å². The largest absolute Gasteiger partial charge is 0.496 e. The molecule has 1 aromatic carbocycles. The average molecular weight is 236 g/mol. The Morgan fingerprint density at radius 1 is 1.29 bits per heavy atom. The molecule has 96 valence electrons. The van der Waals surface area contributed by atoms with Crippen molar-refractivity contribution in [3.8, 4) is 5.75 Å². The van der Waals surface area contributed by atoms with Crippen molar-refractivity contribution in [2.45, 2.75) is 25.8 Å². The summed E-state index contributed by atoms with van der Waals surface area (Å²) in [5, 5.41) is 0. The van der Waals surface area contributed by atoms with Gasteiger partial charge < -0.3 is 15.4 Å². The number of methoxy groups -OCH3 is 1. The maximum atomic E-state index is 6.00. The van der Waals surface area contributed by atoms with Gasteiger partial charge >= 0.3 is 0 Å². The molecule has 0 fully saturated rings. The minimum atomic E-state index is -0.143. The first-order chi connectivity index (χ1) is 7.92. The Hall–Kier alpha value is -1.06. The first-order valence-electron chi connectivity index (χ1n) is 6.02. The third-order valence-corrected chi connectivity index (χ3v) is 2.63. The summed E-state index contributed by atoms with van der Waals surface area (Å²) in [6.07, 6.45) is 0.983. The quantitative estimate of drug-likeness (QED) is 0.820. The molecule has 2 N–H and O–H groups in total. The Bertz CT molecular complexity index is 344. The van der Waals surface area contributed by atoms with Crippen molar-refractivity contribution in [2.75, 3.05) is 27.2 Å². The molecular weight excluding hydrogens is 212 g/mol. The SMILES string of the molecule is COc1ccccc1CCN(C)CC(C)(C)N. The van der Waals surface area contributed by atoms with Crippen molar-refractivity contribution in [2.24, 2.45) is 5.73 Å². The zero-order chi connectivity index (χ0) is 12.9. The van der Waals surface area contributed by atoms with Crippen molar-refractivity contribution in [3.63, 3.8) is 0 Å². The summed E-state index contributed by atoms with van der Waals surface area (Å²) in [6, 6.07) is 8.15. The van der Waals surface area contributed by atoms with Crippen LogP contribution in [0, 0.1) is 0 Å². The number of ether oxygens (including phenoxy) is 1. The fourth-order valence-electron chi connectivity index (χ4n) is 2.00. The summed E-state index contributed by atoms with van der Waals surface area (Å²) in [4.78, 5) is 2.26. The second-order valence-electron chi connectivity index (χ2n) is 5.29. The van der Waals surface area contributed by atoms with Crippen LogP contribution in [-0.2, 0) is 6.42 Å². The van der Waals surface area contributed by atoms with Gasteiger partial charge in [0.15, 0.2) is 0 Å². The van der Waals surface area contributed by atoms with E-state index in [0.717, 1.165) is 25.3 Å². The summed E-state index contributed by atoms with van der Waals surface area (Å²) in [5.74, 6) is 0.966. The van der Waals surface area contributed by atoms with Crippen molar-refractivity contribution >= 4 is 0 Å². The van der Waals surface area contributed by atoms with E-state index in [1.165, 1.54) is 5.56 Å². The molecule has 0 amide bonds. The predicted molar refractivity (Wildman–Crippen MR) is 72.5 cm³/mol. The van der Waals surface area contributed by atoms with E-state index in [9.17, 15) is 0 Å². The molecule has 1 aromatic rings. The van der Waals surface area contributed by atoms with Gasteiger partial charge in [0.1, 0.15) is 5.75 Å². The van der Waals surface area contributed by atoms with Crippen molar-refractivity contribution in [1.29, 1.82) is 0 Å². The molecule has 0 aliphatic rings. The van der Waals surface area contributed by atoms with Crippen molar-refractivity contribution in [1.82, 2.24) is 4.90 Å². The molecule has 0 unspecified atom stereocenters. The molecular formula is C14H24N2O. The van der Waals surface area contributed by atoms with E-state index in [2.05, 4.69) is 18.0 Å². The lowest BCUT2D eigenvalue weighted by molar-refractivity contribution is 0.272. The zero-order valence-electron chi connectivity index (χ0n) is 11.4. The van der Waals surface area contributed by atoms with E-state index in [0.29, 0.717) is 0 Å². The van der Waals surface area contributed by atoms with Crippen LogP contribution >= 0.6 is 0 Å². The van der Waals surface area contributed by atoms with E-state index in [1.807, 2.05) is 32.0 Å². The molecule has 17 heavy (non-hydrogen) atoms. The van der Waals surface area contributed by atoms with Gasteiger partial charge in [-0.05, 0) is 38.9 Å². The number of hydrogen-bond acceptors (Lipinski definition) is 3. The lowest BCUT2D eigenvalue weighted by atomic mass is 10.1. The third-order valence-electron chi connectivity index (χ3n) is 2.63. The highest BCUT2D eigenvalue weighted by atomic mass is 16.5. The Morgan fingerprint density at radius 2 is 1.94 bits per heavy atom. The first-order valence-corrected chi connectivity index (χ1v) is 6.02. The van der Waals surface area contributed by atoms with Crippen molar-refractivity contribution < 1.29 is 4.74 Å². The summed E-state index contributed by atoms with van der Waals surface area (Å²) in [5.41, 5.74) is 7.10. The maximum absolute atomic E-state index is 6.00. The molecule has 0 saturated carbocycles. The van der Waals surface area contributed by atoms with Gasteiger partial charge in [0, 0.05) is 18.6 Å². The van der Waals surface area contributed by atoms with Crippen LogP contribution in [0.1, 0.15) is 19.4 Å². The van der Waals surface area contributed by atoms with Gasteiger partial charge in [0.25, 0.3) is 0 Å². The van der Waals surface area contributed by atoms with Crippen LogP contribution in [0.3, 0.4) is 0 Å². The highest BCUT2D eigenvalue weighted by Gasteiger charge is 2.13. The summed E-state index contributed by atoms with van der Waals surface area (Å²) < 4.78 is 5.34. The first kappa shape index (κ1) is 14.0. The summed E-state index contributed by atoms with van der Waals surface area (Å²) in [6.45, 7) is 5.97. The fraction of sp³-hybridized carbons (Fsp3) is 0.571. The lowest BCUT2D eigenvalue weighted by Gasteiger charge is -2.26. The summed E-state index contributed by atoms with van der Waals surface area (Å²) in [7, 11) is 3.82. The van der Waals surface area contributed by atoms with Gasteiger partial charge in [-0.15, -0.1) is 0 Å². The molecule has 0 spiro atoms. The molecule has 3 heteroatoms. The predicted octanol–water partition coefficient (Wildman–Crippen LogP) is 1.91. The zero-order valence-corrected chi connectivity index (χ0v) is 11.4. The van der Waals surface area contributed by atoms with E-state index in [4.69, 9.17) is 10.5 Å². The molecule has 0 saturated heterocycles. The van der Waals surface area contributed by atoms with Crippen LogP contribution in [0.2, 0.25) is 0 Å². The lowest BCUT2D eigenvalue weighted by Crippen LogP contribution is -2.44. The molecule has 0 heterocycles. The van der Waals surface area contributed by atoms with E-state index in [-0.39, 0.29) is 5.54 Å². The van der Waals surface area contributed by atoms with Gasteiger partial charge in [-0.1, -0.05) is 18.2 Å².